The van der Waals surface area contributed by atoms with Gasteiger partial charge in [0.25, 0.3) is 11.8 Å². The van der Waals surface area contributed by atoms with E-state index in [1.165, 1.54) is 30.1 Å². The summed E-state index contributed by atoms with van der Waals surface area (Å²) in [5, 5.41) is 5.04. The number of amides is 2. The normalized spacial score (nSPS) is 13.4. The van der Waals surface area contributed by atoms with Crippen molar-refractivity contribution in [2.75, 3.05) is 7.05 Å². The first kappa shape index (κ1) is 16.2. The summed E-state index contributed by atoms with van der Waals surface area (Å²) in [6, 6.07) is 9.47. The number of hydrogen-bond donors (Lipinski definition) is 0. The first-order valence-electron chi connectivity index (χ1n) is 8.46. The minimum atomic E-state index is -0.420. The van der Waals surface area contributed by atoms with Crippen LogP contribution in [0.2, 0.25) is 0 Å². The summed E-state index contributed by atoms with van der Waals surface area (Å²) < 4.78 is 15.3. The van der Waals surface area contributed by atoms with E-state index in [1.54, 1.807) is 36.7 Å². The molecule has 0 fully saturated rings. The number of hydrogen-bond acceptors (Lipinski definition) is 5. The van der Waals surface area contributed by atoms with Crippen LogP contribution in [0.5, 0.6) is 0 Å². The van der Waals surface area contributed by atoms with Gasteiger partial charge < -0.3 is 0 Å². The van der Waals surface area contributed by atoms with Crippen LogP contribution in [0, 0.1) is 5.82 Å². The molecule has 4 aromatic rings. The Morgan fingerprint density at radius 3 is 2.64 bits per heavy atom. The number of carbonyl (C=O) groups is 2. The number of halogens is 1. The van der Waals surface area contributed by atoms with Gasteiger partial charge in [0, 0.05) is 31.2 Å². The summed E-state index contributed by atoms with van der Waals surface area (Å²) >= 11 is 0. The van der Waals surface area contributed by atoms with Gasteiger partial charge in [-0.2, -0.15) is 5.10 Å². The van der Waals surface area contributed by atoms with Gasteiger partial charge in [0.05, 0.1) is 22.2 Å². The molecule has 0 atom stereocenters. The van der Waals surface area contributed by atoms with E-state index < -0.39 is 17.6 Å². The molecule has 0 spiro atoms. The maximum absolute atomic E-state index is 13.8. The highest BCUT2D eigenvalue weighted by atomic mass is 19.1. The lowest BCUT2D eigenvalue weighted by atomic mass is 10.0. The second-order valence-corrected chi connectivity index (χ2v) is 6.40. The zero-order chi connectivity index (χ0) is 19.4. The van der Waals surface area contributed by atoms with Gasteiger partial charge in [-0.25, -0.2) is 14.1 Å². The van der Waals surface area contributed by atoms with E-state index in [4.69, 9.17) is 0 Å². The van der Waals surface area contributed by atoms with E-state index in [2.05, 4.69) is 15.1 Å². The lowest BCUT2D eigenvalue weighted by molar-refractivity contribution is 0.0693. The second kappa shape index (κ2) is 5.78. The predicted octanol–water partition coefficient (Wildman–Crippen LogP) is 2.85. The average Bonchev–Trinajstić information content (AvgIpc) is 3.21. The topological polar surface area (TPSA) is 81.0 Å². The van der Waals surface area contributed by atoms with Crippen LogP contribution in [0.1, 0.15) is 20.7 Å². The third kappa shape index (κ3) is 2.18. The third-order valence-corrected chi connectivity index (χ3v) is 4.74. The van der Waals surface area contributed by atoms with E-state index in [0.717, 1.165) is 4.90 Å². The van der Waals surface area contributed by atoms with Crippen molar-refractivity contribution in [2.24, 2.45) is 0 Å². The average molecular weight is 373 g/mol. The Morgan fingerprint density at radius 2 is 1.89 bits per heavy atom. The zero-order valence-corrected chi connectivity index (χ0v) is 14.6. The van der Waals surface area contributed by atoms with Crippen molar-refractivity contribution in [1.29, 1.82) is 0 Å². The molecule has 7 nitrogen and oxygen atoms in total. The molecule has 1 aromatic carbocycles. The van der Waals surface area contributed by atoms with E-state index in [9.17, 15) is 14.0 Å². The van der Waals surface area contributed by atoms with Gasteiger partial charge in [-0.3, -0.25) is 19.5 Å². The first-order valence-corrected chi connectivity index (χ1v) is 8.46. The van der Waals surface area contributed by atoms with E-state index in [-0.39, 0.29) is 11.1 Å². The summed E-state index contributed by atoms with van der Waals surface area (Å²) in [6.07, 6.45) is 4.61. The van der Waals surface area contributed by atoms with Crippen molar-refractivity contribution < 1.29 is 14.0 Å². The molecule has 0 bridgehead atoms. The molecule has 0 unspecified atom stereocenters. The molecule has 136 valence electrons. The Bertz CT molecular complexity index is 1280. The minimum Gasteiger partial charge on any atom is -0.277 e. The fourth-order valence-electron chi connectivity index (χ4n) is 3.40. The Morgan fingerprint density at radius 1 is 1.04 bits per heavy atom. The van der Waals surface area contributed by atoms with Gasteiger partial charge in [-0.1, -0.05) is 6.07 Å². The van der Waals surface area contributed by atoms with Crippen LogP contribution in [-0.2, 0) is 0 Å². The molecule has 28 heavy (non-hydrogen) atoms. The van der Waals surface area contributed by atoms with Crippen LogP contribution < -0.4 is 0 Å². The molecule has 0 aliphatic carbocycles. The summed E-state index contributed by atoms with van der Waals surface area (Å²) in [6.45, 7) is 0. The highest BCUT2D eigenvalue weighted by Crippen LogP contribution is 2.35. The molecule has 0 N–H and O–H groups in total. The summed E-state index contributed by atoms with van der Waals surface area (Å²) in [7, 11) is 1.43. The Labute approximate surface area is 158 Å². The number of pyridine rings is 2. The maximum atomic E-state index is 13.8. The molecule has 1 aliphatic heterocycles. The van der Waals surface area contributed by atoms with Crippen LogP contribution in [0.3, 0.4) is 0 Å². The first-order chi connectivity index (χ1) is 13.6. The molecular weight excluding hydrogens is 361 g/mol. The van der Waals surface area contributed by atoms with Gasteiger partial charge in [-0.05, 0) is 30.3 Å². The van der Waals surface area contributed by atoms with E-state index in [0.29, 0.717) is 28.0 Å². The summed E-state index contributed by atoms with van der Waals surface area (Å²) in [4.78, 5) is 34.7. The van der Waals surface area contributed by atoms with E-state index in [1.807, 2.05) is 0 Å². The quantitative estimate of drug-likeness (QED) is 0.505. The summed E-state index contributed by atoms with van der Waals surface area (Å²) in [5.41, 5.74) is 2.40. The fraction of sp³-hybridized carbons (Fsp3) is 0.0500. The molecule has 2 amide bonds. The Balaban J connectivity index is 1.91. The molecule has 1 aliphatic rings. The van der Waals surface area contributed by atoms with Crippen LogP contribution >= 0.6 is 0 Å². The third-order valence-electron chi connectivity index (χ3n) is 4.74. The van der Waals surface area contributed by atoms with Crippen molar-refractivity contribution in [3.05, 3.63) is 71.9 Å². The highest BCUT2D eigenvalue weighted by molar-refractivity contribution is 6.27. The van der Waals surface area contributed by atoms with E-state index >= 15 is 0 Å². The number of imide groups is 1. The predicted molar refractivity (Wildman–Crippen MR) is 98.5 cm³/mol. The maximum Gasteiger partial charge on any atom is 0.262 e. The van der Waals surface area contributed by atoms with Crippen molar-refractivity contribution in [3.63, 3.8) is 0 Å². The number of fused-ring (bicyclic) bond motifs is 3. The van der Waals surface area contributed by atoms with Gasteiger partial charge in [0.1, 0.15) is 11.5 Å². The van der Waals surface area contributed by atoms with Crippen molar-refractivity contribution in [1.82, 2.24) is 24.6 Å². The number of benzene rings is 1. The number of nitrogens with zero attached hydrogens (tertiary/aromatic N) is 5. The molecule has 0 saturated carbocycles. The molecule has 5 rings (SSSR count). The molecule has 4 heterocycles. The number of aromatic nitrogens is 4. The van der Waals surface area contributed by atoms with Crippen LogP contribution in [0.4, 0.5) is 4.39 Å². The lowest BCUT2D eigenvalue weighted by Crippen LogP contribution is -2.24. The Kier molecular flexibility index (Phi) is 3.35. The smallest absolute Gasteiger partial charge is 0.262 e. The lowest BCUT2D eigenvalue weighted by Gasteiger charge is -2.03. The second-order valence-electron chi connectivity index (χ2n) is 6.40. The van der Waals surface area contributed by atoms with Crippen molar-refractivity contribution in [2.45, 2.75) is 0 Å². The zero-order valence-electron chi connectivity index (χ0n) is 14.6. The SMILES string of the molecule is CN1C(=O)c2cnc3c(c(-c4cccnc4)nn3-c3cccc(F)c3)c2C1=O. The Hall–Kier alpha value is -3.94. The standard InChI is InChI=1S/C20H12FN5O2/c1-25-19(27)14-10-23-18-16(15(14)20(25)28)17(11-4-3-7-22-9-11)24-26(18)13-6-2-5-12(21)8-13/h2-10H,1H3. The van der Waals surface area contributed by atoms with Crippen LogP contribution in [0.15, 0.2) is 55.0 Å². The largest absolute Gasteiger partial charge is 0.277 e. The monoisotopic (exact) mass is 373 g/mol. The summed E-state index contributed by atoms with van der Waals surface area (Å²) in [5.74, 6) is -1.25. The molecule has 3 aromatic heterocycles. The fourth-order valence-corrected chi connectivity index (χ4v) is 3.40. The number of carbonyl (C=O) groups excluding carboxylic acids is 2. The van der Waals surface area contributed by atoms with Gasteiger partial charge in [0.15, 0.2) is 5.65 Å². The molecule has 8 heteroatoms. The molecule has 0 radical (unpaired) electrons. The highest BCUT2D eigenvalue weighted by Gasteiger charge is 2.37. The van der Waals surface area contributed by atoms with Gasteiger partial charge in [0.2, 0.25) is 0 Å². The molecular formula is C20H12FN5O2. The van der Waals surface area contributed by atoms with Crippen molar-refractivity contribution in [3.8, 4) is 16.9 Å². The van der Waals surface area contributed by atoms with Crippen molar-refractivity contribution >= 4 is 22.8 Å². The van der Waals surface area contributed by atoms with Gasteiger partial charge in [-0.15, -0.1) is 0 Å². The molecule has 0 saturated heterocycles. The van der Waals surface area contributed by atoms with Gasteiger partial charge >= 0.3 is 0 Å². The van der Waals surface area contributed by atoms with Crippen LogP contribution in [0.25, 0.3) is 28.0 Å². The van der Waals surface area contributed by atoms with Crippen LogP contribution in [-0.4, -0.2) is 43.5 Å². The minimum absolute atomic E-state index is 0.226. The number of rotatable bonds is 2.